The molecule has 0 unspecified atom stereocenters. The summed E-state index contributed by atoms with van der Waals surface area (Å²) in [6.07, 6.45) is 2.68. The Kier molecular flexibility index (Phi) is 4.73. The normalized spacial score (nSPS) is 14.4. The van der Waals surface area contributed by atoms with Gasteiger partial charge in [-0.2, -0.15) is 0 Å². The van der Waals surface area contributed by atoms with Crippen molar-refractivity contribution in [3.05, 3.63) is 57.1 Å². The van der Waals surface area contributed by atoms with Crippen molar-refractivity contribution in [3.63, 3.8) is 0 Å². The van der Waals surface area contributed by atoms with Crippen molar-refractivity contribution in [1.82, 2.24) is 9.55 Å². The first kappa shape index (κ1) is 18.4. The van der Waals surface area contributed by atoms with E-state index in [9.17, 15) is 4.79 Å². The summed E-state index contributed by atoms with van der Waals surface area (Å²) in [6, 6.07) is 8.90. The van der Waals surface area contributed by atoms with Crippen LogP contribution in [0.4, 0.5) is 0 Å². The Morgan fingerprint density at radius 3 is 2.57 bits per heavy atom. The molecule has 3 aromatic rings. The number of rotatable bonds is 4. The molecule has 144 valence electrons. The van der Waals surface area contributed by atoms with Gasteiger partial charge in [0.2, 0.25) is 5.75 Å². The van der Waals surface area contributed by atoms with E-state index in [4.69, 9.17) is 30.8 Å². The number of hydrogen-bond donors (Lipinski definition) is 0. The molecule has 0 saturated carbocycles. The van der Waals surface area contributed by atoms with Gasteiger partial charge in [0.25, 0.3) is 5.56 Å². The molecule has 2 heterocycles. The lowest BCUT2D eigenvalue weighted by Gasteiger charge is -2.14. The summed E-state index contributed by atoms with van der Waals surface area (Å²) >= 11 is 6.04. The second-order valence-electron chi connectivity index (χ2n) is 6.40. The number of fused-ring (bicyclic) bond motifs is 2. The molecular weight excluding hydrogens is 380 g/mol. The smallest absolute Gasteiger partial charge is 0.261 e. The SMILES string of the molecule is COc1ccc(/C=C2/CCn3c2nc2ccc(Cl)cc2c3=O)c(OC)c1OC. The predicted octanol–water partition coefficient (Wildman–Crippen LogP) is 4.02. The van der Waals surface area contributed by atoms with Gasteiger partial charge in [0.05, 0.1) is 32.2 Å². The molecule has 6 nitrogen and oxygen atoms in total. The number of halogens is 1. The average Bonchev–Trinajstić information content (AvgIpc) is 3.11. The monoisotopic (exact) mass is 398 g/mol. The van der Waals surface area contributed by atoms with Gasteiger partial charge in [-0.3, -0.25) is 9.36 Å². The van der Waals surface area contributed by atoms with E-state index in [2.05, 4.69) is 0 Å². The van der Waals surface area contributed by atoms with Crippen LogP contribution in [0.25, 0.3) is 22.6 Å². The van der Waals surface area contributed by atoms with Gasteiger partial charge in [-0.15, -0.1) is 0 Å². The highest BCUT2D eigenvalue weighted by Gasteiger charge is 2.22. The number of aromatic nitrogens is 2. The highest BCUT2D eigenvalue weighted by Crippen LogP contribution is 2.41. The highest BCUT2D eigenvalue weighted by molar-refractivity contribution is 6.31. The molecule has 1 aliphatic heterocycles. The molecule has 4 rings (SSSR count). The van der Waals surface area contributed by atoms with Crippen LogP contribution in [0.3, 0.4) is 0 Å². The van der Waals surface area contributed by atoms with Gasteiger partial charge < -0.3 is 14.2 Å². The van der Waals surface area contributed by atoms with Crippen molar-refractivity contribution in [2.45, 2.75) is 13.0 Å². The van der Waals surface area contributed by atoms with E-state index in [1.54, 1.807) is 44.1 Å². The van der Waals surface area contributed by atoms with E-state index in [0.717, 1.165) is 11.1 Å². The summed E-state index contributed by atoms with van der Waals surface area (Å²) in [5.41, 5.74) is 2.34. The fourth-order valence-electron chi connectivity index (χ4n) is 3.55. The Morgan fingerprint density at radius 2 is 1.86 bits per heavy atom. The first-order valence-corrected chi connectivity index (χ1v) is 9.15. The van der Waals surface area contributed by atoms with Crippen LogP contribution in [0, 0.1) is 0 Å². The zero-order valence-electron chi connectivity index (χ0n) is 15.8. The maximum atomic E-state index is 12.9. The van der Waals surface area contributed by atoms with Gasteiger partial charge in [0, 0.05) is 17.1 Å². The topological polar surface area (TPSA) is 62.6 Å². The lowest BCUT2D eigenvalue weighted by molar-refractivity contribution is 0.324. The van der Waals surface area contributed by atoms with Gasteiger partial charge in [-0.25, -0.2) is 4.98 Å². The molecular formula is C21H19ClN2O4. The molecule has 0 atom stereocenters. The molecule has 1 aromatic heterocycles. The van der Waals surface area contributed by atoms with Gasteiger partial charge in [0.1, 0.15) is 5.82 Å². The van der Waals surface area contributed by atoms with Crippen LogP contribution in [0.1, 0.15) is 17.8 Å². The molecule has 28 heavy (non-hydrogen) atoms. The summed E-state index contributed by atoms with van der Waals surface area (Å²) in [4.78, 5) is 17.6. The Bertz CT molecular complexity index is 1170. The van der Waals surface area contributed by atoms with E-state index < -0.39 is 0 Å². The van der Waals surface area contributed by atoms with Crippen LogP contribution in [-0.4, -0.2) is 30.9 Å². The fraction of sp³-hybridized carbons (Fsp3) is 0.238. The number of allylic oxidation sites excluding steroid dienone is 1. The molecule has 1 aliphatic rings. The Hall–Kier alpha value is -2.99. The van der Waals surface area contributed by atoms with Gasteiger partial charge >= 0.3 is 0 Å². The molecule has 0 bridgehead atoms. The lowest BCUT2D eigenvalue weighted by atomic mass is 10.1. The van der Waals surface area contributed by atoms with Crippen LogP contribution in [0.15, 0.2) is 35.1 Å². The molecule has 0 radical (unpaired) electrons. The molecule has 0 amide bonds. The first-order valence-electron chi connectivity index (χ1n) is 8.77. The first-order chi connectivity index (χ1) is 13.6. The minimum Gasteiger partial charge on any atom is -0.493 e. The van der Waals surface area contributed by atoms with Gasteiger partial charge in [-0.05, 0) is 48.4 Å². The summed E-state index contributed by atoms with van der Waals surface area (Å²) in [5.74, 6) is 2.35. The van der Waals surface area contributed by atoms with E-state index in [0.29, 0.717) is 52.0 Å². The quantitative estimate of drug-likeness (QED) is 0.664. The van der Waals surface area contributed by atoms with Gasteiger partial charge in [-0.1, -0.05) is 11.6 Å². The molecule has 2 aromatic carbocycles. The predicted molar refractivity (Wildman–Crippen MR) is 110 cm³/mol. The van der Waals surface area contributed by atoms with Crippen molar-refractivity contribution in [2.75, 3.05) is 21.3 Å². The van der Waals surface area contributed by atoms with Crippen molar-refractivity contribution < 1.29 is 14.2 Å². The van der Waals surface area contributed by atoms with Crippen molar-refractivity contribution in [3.8, 4) is 17.2 Å². The van der Waals surface area contributed by atoms with Crippen molar-refractivity contribution in [2.24, 2.45) is 0 Å². The molecule has 0 spiro atoms. The summed E-state index contributed by atoms with van der Waals surface area (Å²) in [5, 5.41) is 1.05. The minimum absolute atomic E-state index is 0.0785. The molecule has 0 N–H and O–H groups in total. The number of ether oxygens (including phenoxy) is 3. The van der Waals surface area contributed by atoms with Crippen LogP contribution >= 0.6 is 11.6 Å². The molecule has 7 heteroatoms. The fourth-order valence-corrected chi connectivity index (χ4v) is 3.72. The van der Waals surface area contributed by atoms with Gasteiger partial charge in [0.15, 0.2) is 11.5 Å². The number of nitrogens with zero attached hydrogens (tertiary/aromatic N) is 2. The largest absolute Gasteiger partial charge is 0.493 e. The van der Waals surface area contributed by atoms with Crippen LogP contribution in [-0.2, 0) is 6.54 Å². The molecule has 0 aliphatic carbocycles. The molecule has 0 saturated heterocycles. The standard InChI is InChI=1S/C21H19ClN2O4/c1-26-17-7-4-12(18(27-2)19(17)28-3)10-13-8-9-24-20(13)23-16-6-5-14(22)11-15(16)21(24)25/h4-7,10-11H,8-9H2,1-3H3/b13-10-. The van der Waals surface area contributed by atoms with Crippen molar-refractivity contribution >= 4 is 34.2 Å². The zero-order valence-corrected chi connectivity index (χ0v) is 16.5. The second-order valence-corrected chi connectivity index (χ2v) is 6.83. The van der Waals surface area contributed by atoms with E-state index in [1.807, 2.05) is 18.2 Å². The third-order valence-corrected chi connectivity index (χ3v) is 5.11. The minimum atomic E-state index is -0.0785. The van der Waals surface area contributed by atoms with Crippen LogP contribution in [0.5, 0.6) is 17.2 Å². The average molecular weight is 399 g/mol. The Labute approximate surface area is 166 Å². The number of hydrogen-bond acceptors (Lipinski definition) is 5. The number of benzene rings is 2. The Balaban J connectivity index is 1.88. The van der Waals surface area contributed by atoms with E-state index in [-0.39, 0.29) is 5.56 Å². The lowest BCUT2D eigenvalue weighted by Crippen LogP contribution is -2.20. The van der Waals surface area contributed by atoms with E-state index >= 15 is 0 Å². The third kappa shape index (κ3) is 2.90. The van der Waals surface area contributed by atoms with Crippen LogP contribution < -0.4 is 19.8 Å². The molecule has 0 fully saturated rings. The van der Waals surface area contributed by atoms with E-state index in [1.165, 1.54) is 0 Å². The highest BCUT2D eigenvalue weighted by atomic mass is 35.5. The second kappa shape index (κ2) is 7.20. The summed E-state index contributed by atoms with van der Waals surface area (Å²) in [6.45, 7) is 0.574. The third-order valence-electron chi connectivity index (χ3n) is 4.87. The maximum Gasteiger partial charge on any atom is 0.261 e. The number of methoxy groups -OCH3 is 3. The summed E-state index contributed by atoms with van der Waals surface area (Å²) < 4.78 is 18.1. The van der Waals surface area contributed by atoms with Crippen molar-refractivity contribution in [1.29, 1.82) is 0 Å². The summed E-state index contributed by atoms with van der Waals surface area (Å²) in [7, 11) is 4.73. The van der Waals surface area contributed by atoms with Crippen LogP contribution in [0.2, 0.25) is 5.02 Å². The maximum absolute atomic E-state index is 12.9. The Morgan fingerprint density at radius 1 is 1.07 bits per heavy atom. The zero-order chi connectivity index (χ0) is 19.8.